The van der Waals surface area contributed by atoms with Crippen molar-refractivity contribution in [3.63, 3.8) is 0 Å². The number of hydrogen-bond donors (Lipinski definition) is 1. The Morgan fingerprint density at radius 3 is 2.83 bits per heavy atom. The average molecular weight is 246 g/mol. The van der Waals surface area contributed by atoms with Gasteiger partial charge in [0.1, 0.15) is 23.5 Å². The Kier molecular flexibility index (Phi) is 3.33. The predicted molar refractivity (Wildman–Crippen MR) is 65.6 cm³/mol. The van der Waals surface area contributed by atoms with Crippen LogP contribution in [0.1, 0.15) is 11.5 Å². The average Bonchev–Trinajstić information content (AvgIpc) is 2.76. The molecule has 1 N–H and O–H groups in total. The van der Waals surface area contributed by atoms with Gasteiger partial charge in [-0.05, 0) is 25.1 Å². The summed E-state index contributed by atoms with van der Waals surface area (Å²) in [7, 11) is 0. The van der Waals surface area contributed by atoms with Gasteiger partial charge in [0.25, 0.3) is 5.69 Å². The van der Waals surface area contributed by atoms with Crippen LogP contribution in [-0.4, -0.2) is 16.1 Å². The van der Waals surface area contributed by atoms with Gasteiger partial charge in [0.2, 0.25) is 0 Å². The molecule has 0 aliphatic carbocycles. The molecule has 0 aliphatic rings. The standard InChI is InChI=1S/C11H10N4O3/c1-8-2-4-10(18-8)7-13-14-11-5-3-9(6-12-11)15(16)17/h2-7H,1H3,(H,12,14)/b13-7+. The minimum atomic E-state index is -0.508. The molecular weight excluding hydrogens is 236 g/mol. The molecule has 18 heavy (non-hydrogen) atoms. The molecule has 2 heterocycles. The minimum Gasteiger partial charge on any atom is -0.460 e. The first kappa shape index (κ1) is 11.8. The van der Waals surface area contributed by atoms with E-state index in [1.807, 2.05) is 13.0 Å². The maximum Gasteiger partial charge on any atom is 0.287 e. The van der Waals surface area contributed by atoms with Crippen LogP contribution in [0, 0.1) is 17.0 Å². The first-order chi connectivity index (χ1) is 8.65. The fourth-order valence-electron chi connectivity index (χ4n) is 1.25. The smallest absolute Gasteiger partial charge is 0.287 e. The van der Waals surface area contributed by atoms with E-state index >= 15 is 0 Å². The number of nitrogens with one attached hydrogen (secondary N) is 1. The van der Waals surface area contributed by atoms with Crippen molar-refractivity contribution in [2.75, 3.05) is 5.43 Å². The third-order valence-electron chi connectivity index (χ3n) is 2.09. The Morgan fingerprint density at radius 1 is 1.44 bits per heavy atom. The van der Waals surface area contributed by atoms with Crippen molar-refractivity contribution >= 4 is 17.7 Å². The van der Waals surface area contributed by atoms with Crippen LogP contribution in [0.4, 0.5) is 11.5 Å². The van der Waals surface area contributed by atoms with E-state index in [1.165, 1.54) is 18.3 Å². The number of nitrogens with zero attached hydrogens (tertiary/aromatic N) is 3. The van der Waals surface area contributed by atoms with Crippen molar-refractivity contribution in [1.82, 2.24) is 4.98 Å². The van der Waals surface area contributed by atoms with Gasteiger partial charge in [0.05, 0.1) is 11.1 Å². The van der Waals surface area contributed by atoms with Gasteiger partial charge in [-0.25, -0.2) is 4.98 Å². The molecule has 0 aliphatic heterocycles. The third-order valence-corrected chi connectivity index (χ3v) is 2.09. The van der Waals surface area contributed by atoms with Crippen molar-refractivity contribution in [3.05, 3.63) is 52.1 Å². The van der Waals surface area contributed by atoms with Crippen molar-refractivity contribution in [2.45, 2.75) is 6.92 Å². The van der Waals surface area contributed by atoms with E-state index in [4.69, 9.17) is 4.42 Å². The van der Waals surface area contributed by atoms with Crippen LogP contribution in [-0.2, 0) is 0 Å². The van der Waals surface area contributed by atoms with Gasteiger partial charge in [-0.2, -0.15) is 5.10 Å². The number of nitro groups is 1. The summed E-state index contributed by atoms with van der Waals surface area (Å²) >= 11 is 0. The summed E-state index contributed by atoms with van der Waals surface area (Å²) in [4.78, 5) is 13.7. The molecule has 0 radical (unpaired) electrons. The lowest BCUT2D eigenvalue weighted by Gasteiger charge is -1.97. The van der Waals surface area contributed by atoms with Gasteiger partial charge >= 0.3 is 0 Å². The number of pyridine rings is 1. The van der Waals surface area contributed by atoms with Gasteiger partial charge in [0, 0.05) is 6.07 Å². The Balaban J connectivity index is 1.98. The zero-order valence-corrected chi connectivity index (χ0v) is 9.53. The topological polar surface area (TPSA) is 93.6 Å². The van der Waals surface area contributed by atoms with Crippen LogP contribution < -0.4 is 5.43 Å². The Hall–Kier alpha value is -2.70. The zero-order valence-electron chi connectivity index (χ0n) is 9.53. The van der Waals surface area contributed by atoms with Crippen molar-refractivity contribution in [3.8, 4) is 0 Å². The second kappa shape index (κ2) is 5.09. The molecule has 0 amide bonds. The van der Waals surface area contributed by atoms with Crippen LogP contribution in [0.5, 0.6) is 0 Å². The number of rotatable bonds is 4. The van der Waals surface area contributed by atoms with Crippen molar-refractivity contribution in [2.24, 2.45) is 5.10 Å². The third kappa shape index (κ3) is 2.91. The number of anilines is 1. The summed E-state index contributed by atoms with van der Waals surface area (Å²) in [5, 5.41) is 14.3. The van der Waals surface area contributed by atoms with Crippen LogP contribution >= 0.6 is 0 Å². The lowest BCUT2D eigenvalue weighted by atomic mass is 10.4. The number of aryl methyl sites for hydroxylation is 1. The summed E-state index contributed by atoms with van der Waals surface area (Å²) in [6.45, 7) is 1.84. The summed E-state index contributed by atoms with van der Waals surface area (Å²) in [5.41, 5.74) is 2.58. The molecule has 7 nitrogen and oxygen atoms in total. The summed E-state index contributed by atoms with van der Waals surface area (Å²) < 4.78 is 5.27. The maximum atomic E-state index is 10.4. The second-order valence-corrected chi connectivity index (χ2v) is 3.48. The first-order valence-electron chi connectivity index (χ1n) is 5.11. The second-order valence-electron chi connectivity index (χ2n) is 3.48. The van der Waals surface area contributed by atoms with Crippen molar-refractivity contribution in [1.29, 1.82) is 0 Å². The number of hydrogen-bond acceptors (Lipinski definition) is 6. The molecule has 0 spiro atoms. The molecule has 2 aromatic heterocycles. The normalized spacial score (nSPS) is 10.7. The maximum absolute atomic E-state index is 10.4. The molecule has 7 heteroatoms. The lowest BCUT2D eigenvalue weighted by molar-refractivity contribution is -0.385. The fourth-order valence-corrected chi connectivity index (χ4v) is 1.25. The Labute approximate surface area is 102 Å². The molecule has 0 aromatic carbocycles. The minimum absolute atomic E-state index is 0.0637. The molecule has 0 bridgehead atoms. The number of furan rings is 1. The van der Waals surface area contributed by atoms with E-state index in [0.29, 0.717) is 11.6 Å². The van der Waals surface area contributed by atoms with E-state index in [-0.39, 0.29) is 5.69 Å². The van der Waals surface area contributed by atoms with E-state index in [2.05, 4.69) is 15.5 Å². The van der Waals surface area contributed by atoms with Gasteiger partial charge in [-0.3, -0.25) is 15.5 Å². The Morgan fingerprint density at radius 2 is 2.28 bits per heavy atom. The Bertz CT molecular complexity index is 574. The monoisotopic (exact) mass is 246 g/mol. The van der Waals surface area contributed by atoms with Crippen molar-refractivity contribution < 1.29 is 9.34 Å². The first-order valence-corrected chi connectivity index (χ1v) is 5.11. The lowest BCUT2D eigenvalue weighted by Crippen LogP contribution is -1.94. The van der Waals surface area contributed by atoms with Crippen LogP contribution in [0.15, 0.2) is 40.0 Å². The van der Waals surface area contributed by atoms with E-state index < -0.39 is 4.92 Å². The van der Waals surface area contributed by atoms with Gasteiger partial charge in [-0.15, -0.1) is 0 Å². The van der Waals surface area contributed by atoms with Gasteiger partial charge < -0.3 is 4.42 Å². The molecule has 0 unspecified atom stereocenters. The van der Waals surface area contributed by atoms with Crippen LogP contribution in [0.25, 0.3) is 0 Å². The SMILES string of the molecule is Cc1ccc(/C=N/Nc2ccc([N+](=O)[O-])cn2)o1. The summed E-state index contributed by atoms with van der Waals surface area (Å²) in [6.07, 6.45) is 2.66. The van der Waals surface area contributed by atoms with Crippen LogP contribution in [0.3, 0.4) is 0 Å². The highest BCUT2D eigenvalue weighted by atomic mass is 16.6. The molecule has 0 atom stereocenters. The molecule has 0 saturated heterocycles. The molecule has 2 aromatic rings. The predicted octanol–water partition coefficient (Wildman–Crippen LogP) is 2.34. The van der Waals surface area contributed by atoms with E-state index in [1.54, 1.807) is 6.07 Å². The number of aromatic nitrogens is 1. The molecular formula is C11H10N4O3. The van der Waals surface area contributed by atoms with E-state index in [9.17, 15) is 10.1 Å². The molecule has 0 saturated carbocycles. The highest BCUT2D eigenvalue weighted by Crippen LogP contribution is 2.11. The largest absolute Gasteiger partial charge is 0.460 e. The highest BCUT2D eigenvalue weighted by Gasteiger charge is 2.04. The molecule has 92 valence electrons. The zero-order chi connectivity index (χ0) is 13.0. The summed E-state index contributed by atoms with van der Waals surface area (Å²) in [6, 6.07) is 6.43. The number of hydrazone groups is 1. The van der Waals surface area contributed by atoms with Gasteiger partial charge in [-0.1, -0.05) is 0 Å². The molecule has 0 fully saturated rings. The quantitative estimate of drug-likeness (QED) is 0.507. The highest BCUT2D eigenvalue weighted by molar-refractivity contribution is 5.76. The van der Waals surface area contributed by atoms with Crippen LogP contribution in [0.2, 0.25) is 0 Å². The fraction of sp³-hybridized carbons (Fsp3) is 0.0909. The van der Waals surface area contributed by atoms with E-state index in [0.717, 1.165) is 12.0 Å². The van der Waals surface area contributed by atoms with Gasteiger partial charge in [0.15, 0.2) is 0 Å². The summed E-state index contributed by atoms with van der Waals surface area (Å²) in [5.74, 6) is 1.83. The molecule has 2 rings (SSSR count).